The summed E-state index contributed by atoms with van der Waals surface area (Å²) in [7, 11) is -3.86. The number of nitrogens with zero attached hydrogens (tertiary/aromatic N) is 4. The van der Waals surface area contributed by atoms with Crippen molar-refractivity contribution < 1.29 is 13.2 Å². The summed E-state index contributed by atoms with van der Waals surface area (Å²) in [5.74, 6) is -1.38. The van der Waals surface area contributed by atoms with Crippen molar-refractivity contribution in [1.82, 2.24) is 25.1 Å². The zero-order chi connectivity index (χ0) is 22.9. The molecule has 4 rings (SSSR count). The lowest BCUT2D eigenvalue weighted by molar-refractivity contribution is -0.118. The van der Waals surface area contributed by atoms with Gasteiger partial charge in [-0.05, 0) is 32.0 Å². The van der Waals surface area contributed by atoms with Crippen LogP contribution in [0.5, 0.6) is 0 Å². The molecule has 166 valence electrons. The van der Waals surface area contributed by atoms with Gasteiger partial charge in [0.1, 0.15) is 11.4 Å². The lowest BCUT2D eigenvalue weighted by Crippen LogP contribution is -2.35. The summed E-state index contributed by atoms with van der Waals surface area (Å²) in [4.78, 5) is 33.7. The SMILES string of the molecule is Cc1nc(C)c(-c2ccc(=O)n(CCNC(=O)CS(=O)(=O)c3nc4ccccc4s3)n2)s1. The number of hydrogen-bond acceptors (Lipinski definition) is 9. The fourth-order valence-electron chi connectivity index (χ4n) is 3.07. The maximum Gasteiger partial charge on any atom is 0.266 e. The molecule has 0 aliphatic heterocycles. The number of amides is 1. The van der Waals surface area contributed by atoms with E-state index in [2.05, 4.69) is 20.4 Å². The molecule has 0 aliphatic carbocycles. The van der Waals surface area contributed by atoms with Crippen LogP contribution in [0.25, 0.3) is 20.8 Å². The largest absolute Gasteiger partial charge is 0.353 e. The van der Waals surface area contributed by atoms with Crippen LogP contribution in [0, 0.1) is 13.8 Å². The minimum absolute atomic E-state index is 0.0608. The fraction of sp³-hybridized carbons (Fsp3) is 0.250. The minimum Gasteiger partial charge on any atom is -0.353 e. The highest BCUT2D eigenvalue weighted by Gasteiger charge is 2.23. The van der Waals surface area contributed by atoms with Crippen LogP contribution in [0.2, 0.25) is 0 Å². The van der Waals surface area contributed by atoms with Crippen LogP contribution in [-0.4, -0.2) is 46.4 Å². The van der Waals surface area contributed by atoms with E-state index in [1.165, 1.54) is 22.1 Å². The van der Waals surface area contributed by atoms with Gasteiger partial charge in [0.25, 0.3) is 5.56 Å². The van der Waals surface area contributed by atoms with Gasteiger partial charge < -0.3 is 5.32 Å². The number of carbonyl (C=O) groups excluding carboxylic acids is 1. The molecule has 3 heterocycles. The Kier molecular flexibility index (Phi) is 6.17. The Hall–Kier alpha value is -2.96. The predicted octanol–water partition coefficient (Wildman–Crippen LogP) is 2.18. The van der Waals surface area contributed by atoms with Crippen LogP contribution in [0.3, 0.4) is 0 Å². The van der Waals surface area contributed by atoms with Gasteiger partial charge in [0.15, 0.2) is 0 Å². The van der Waals surface area contributed by atoms with Gasteiger partial charge in [0.05, 0.1) is 32.3 Å². The van der Waals surface area contributed by atoms with Crippen molar-refractivity contribution in [2.45, 2.75) is 24.7 Å². The van der Waals surface area contributed by atoms with Crippen molar-refractivity contribution in [3.8, 4) is 10.6 Å². The number of benzene rings is 1. The third-order valence-electron chi connectivity index (χ3n) is 4.51. The van der Waals surface area contributed by atoms with E-state index in [-0.39, 0.29) is 23.0 Å². The summed E-state index contributed by atoms with van der Waals surface area (Å²) in [6.07, 6.45) is 0. The maximum atomic E-state index is 12.5. The first-order valence-corrected chi connectivity index (χ1v) is 12.9. The van der Waals surface area contributed by atoms with Gasteiger partial charge in [-0.2, -0.15) is 5.10 Å². The molecule has 0 saturated heterocycles. The van der Waals surface area contributed by atoms with E-state index in [9.17, 15) is 18.0 Å². The first-order chi connectivity index (χ1) is 15.2. The molecular weight excluding hydrogens is 470 g/mol. The lowest BCUT2D eigenvalue weighted by Gasteiger charge is -2.08. The monoisotopic (exact) mass is 489 g/mol. The van der Waals surface area contributed by atoms with Crippen molar-refractivity contribution in [3.63, 3.8) is 0 Å². The Morgan fingerprint density at radius 3 is 2.59 bits per heavy atom. The molecule has 0 bridgehead atoms. The van der Waals surface area contributed by atoms with Gasteiger partial charge in [-0.15, -0.1) is 22.7 Å². The van der Waals surface area contributed by atoms with E-state index in [0.717, 1.165) is 31.6 Å². The standard InChI is InChI=1S/C20H19N5O4S3/c1-12-19(30-13(2)22-12)15-7-8-18(27)25(24-15)10-9-21-17(26)11-32(28,29)20-23-14-5-3-4-6-16(14)31-20/h3-8H,9-11H2,1-2H3,(H,21,26). The molecule has 0 atom stereocenters. The van der Waals surface area contributed by atoms with Gasteiger partial charge in [0.2, 0.25) is 20.1 Å². The molecule has 0 aliphatic rings. The van der Waals surface area contributed by atoms with E-state index in [1.807, 2.05) is 13.8 Å². The number of fused-ring (bicyclic) bond motifs is 1. The average Bonchev–Trinajstić information content (AvgIpc) is 3.32. The van der Waals surface area contributed by atoms with Gasteiger partial charge in [-0.1, -0.05) is 12.1 Å². The van der Waals surface area contributed by atoms with Crippen molar-refractivity contribution in [2.75, 3.05) is 12.3 Å². The third-order valence-corrected chi connectivity index (χ3v) is 8.71. The molecule has 9 nitrogen and oxygen atoms in total. The Balaban J connectivity index is 1.40. The number of rotatable bonds is 7. The lowest BCUT2D eigenvalue weighted by atomic mass is 10.3. The maximum absolute atomic E-state index is 12.5. The second-order valence-corrected chi connectivity index (χ2v) is 11.4. The summed E-state index contributed by atoms with van der Waals surface area (Å²) in [5, 5.41) is 7.80. The molecule has 4 aromatic rings. The number of carbonyl (C=O) groups is 1. The molecule has 0 saturated carbocycles. The van der Waals surface area contributed by atoms with Gasteiger partial charge in [-0.3, -0.25) is 9.59 Å². The van der Waals surface area contributed by atoms with Crippen LogP contribution < -0.4 is 10.9 Å². The molecule has 0 unspecified atom stereocenters. The Morgan fingerprint density at radius 1 is 1.09 bits per heavy atom. The van der Waals surface area contributed by atoms with E-state index < -0.39 is 21.5 Å². The van der Waals surface area contributed by atoms with Crippen molar-refractivity contribution in [3.05, 3.63) is 57.5 Å². The number of aryl methyl sites for hydroxylation is 2. The molecule has 0 spiro atoms. The quantitative estimate of drug-likeness (QED) is 0.422. The van der Waals surface area contributed by atoms with Gasteiger partial charge in [0, 0.05) is 12.6 Å². The molecule has 1 amide bonds. The number of thiazole rings is 2. The summed E-state index contributed by atoms with van der Waals surface area (Å²) < 4.78 is 27.0. The number of sulfone groups is 1. The second kappa shape index (κ2) is 8.88. The average molecular weight is 490 g/mol. The fourth-order valence-corrected chi connectivity index (χ4v) is 6.41. The highest BCUT2D eigenvalue weighted by Crippen LogP contribution is 2.27. The number of aromatic nitrogens is 4. The zero-order valence-corrected chi connectivity index (χ0v) is 19.7. The van der Waals surface area contributed by atoms with Crippen LogP contribution in [0.4, 0.5) is 0 Å². The summed E-state index contributed by atoms with van der Waals surface area (Å²) in [6.45, 7) is 3.94. The van der Waals surface area contributed by atoms with Crippen LogP contribution >= 0.6 is 22.7 Å². The predicted molar refractivity (Wildman–Crippen MR) is 124 cm³/mol. The summed E-state index contributed by atoms with van der Waals surface area (Å²) in [6, 6.07) is 10.1. The Bertz CT molecular complexity index is 1440. The molecule has 0 fully saturated rings. The Labute approximate surface area is 191 Å². The van der Waals surface area contributed by atoms with Crippen molar-refractivity contribution in [2.24, 2.45) is 0 Å². The van der Waals surface area contributed by atoms with Gasteiger partial charge in [-0.25, -0.2) is 23.1 Å². The molecule has 0 radical (unpaired) electrons. The van der Waals surface area contributed by atoms with Crippen LogP contribution in [0.1, 0.15) is 10.7 Å². The highest BCUT2D eigenvalue weighted by molar-refractivity contribution is 7.94. The molecule has 32 heavy (non-hydrogen) atoms. The third kappa shape index (κ3) is 4.76. The normalized spacial score (nSPS) is 11.7. The first kappa shape index (κ1) is 22.2. The minimum atomic E-state index is -3.86. The van der Waals surface area contributed by atoms with Crippen LogP contribution in [0.15, 0.2) is 45.5 Å². The Morgan fingerprint density at radius 2 is 1.88 bits per heavy atom. The number of nitrogens with one attached hydrogen (secondary N) is 1. The summed E-state index contributed by atoms with van der Waals surface area (Å²) >= 11 is 2.52. The smallest absolute Gasteiger partial charge is 0.266 e. The first-order valence-electron chi connectivity index (χ1n) is 9.60. The molecule has 1 aromatic carbocycles. The number of hydrogen-bond donors (Lipinski definition) is 1. The van der Waals surface area contributed by atoms with E-state index in [4.69, 9.17) is 0 Å². The van der Waals surface area contributed by atoms with Crippen molar-refractivity contribution in [1.29, 1.82) is 0 Å². The second-order valence-electron chi connectivity index (χ2n) is 6.98. The molecule has 3 aromatic heterocycles. The van der Waals surface area contributed by atoms with E-state index in [1.54, 1.807) is 30.3 Å². The van der Waals surface area contributed by atoms with Crippen molar-refractivity contribution >= 4 is 48.6 Å². The number of para-hydroxylation sites is 1. The molecular formula is C20H19N5O4S3. The zero-order valence-electron chi connectivity index (χ0n) is 17.2. The summed E-state index contributed by atoms with van der Waals surface area (Å²) in [5.41, 5.74) is 1.72. The van der Waals surface area contributed by atoms with E-state index >= 15 is 0 Å². The van der Waals surface area contributed by atoms with E-state index in [0.29, 0.717) is 11.2 Å². The highest BCUT2D eigenvalue weighted by atomic mass is 32.2. The molecule has 12 heteroatoms. The topological polar surface area (TPSA) is 124 Å². The van der Waals surface area contributed by atoms with Gasteiger partial charge >= 0.3 is 0 Å². The molecule has 1 N–H and O–H groups in total. The van der Waals surface area contributed by atoms with Crippen LogP contribution in [-0.2, 0) is 21.2 Å².